The molecule has 0 bridgehead atoms. The zero-order valence-corrected chi connectivity index (χ0v) is 12.0. The average Bonchev–Trinajstić information content (AvgIpc) is 2.55. The predicted octanol–water partition coefficient (Wildman–Crippen LogP) is 2.66. The largest absolute Gasteiger partial charge is 0.399 e. The molecular weight excluding hydrogens is 276 g/mol. The molecule has 0 fully saturated rings. The molecule has 0 spiro atoms. The van der Waals surface area contributed by atoms with Crippen molar-refractivity contribution in [3.63, 3.8) is 0 Å². The Morgan fingerprint density at radius 1 is 1.14 bits per heavy atom. The zero-order valence-electron chi connectivity index (χ0n) is 12.0. The third-order valence-corrected chi connectivity index (χ3v) is 4.18. The van der Waals surface area contributed by atoms with Crippen LogP contribution < -0.4 is 11.1 Å². The summed E-state index contributed by atoms with van der Waals surface area (Å²) in [7, 11) is 0. The number of hydrogen-bond acceptors (Lipinski definition) is 3. The maximum absolute atomic E-state index is 12.3. The van der Waals surface area contributed by atoms with E-state index in [-0.39, 0.29) is 11.9 Å². The van der Waals surface area contributed by atoms with E-state index in [1.807, 2.05) is 48.5 Å². The van der Waals surface area contributed by atoms with Gasteiger partial charge in [-0.1, -0.05) is 24.3 Å². The third kappa shape index (κ3) is 2.02. The van der Waals surface area contributed by atoms with Gasteiger partial charge in [0.1, 0.15) is 5.84 Å². The number of nitrogens with two attached hydrogens (primary N) is 1. The summed E-state index contributed by atoms with van der Waals surface area (Å²) >= 11 is 0. The highest BCUT2D eigenvalue weighted by atomic mass is 16.2. The molecule has 2 amide bonds. The van der Waals surface area contributed by atoms with Gasteiger partial charge in [0.25, 0.3) is 0 Å². The monoisotopic (exact) mass is 292 g/mol. The van der Waals surface area contributed by atoms with E-state index in [1.165, 1.54) is 0 Å². The van der Waals surface area contributed by atoms with Crippen molar-refractivity contribution in [2.75, 3.05) is 24.1 Å². The summed E-state index contributed by atoms with van der Waals surface area (Å²) in [6, 6.07) is 15.5. The molecule has 4 rings (SSSR count). The predicted molar refractivity (Wildman–Crippen MR) is 87.2 cm³/mol. The first kappa shape index (κ1) is 12.9. The highest BCUT2D eigenvalue weighted by molar-refractivity contribution is 6.18. The van der Waals surface area contributed by atoms with Crippen LogP contribution in [0.15, 0.2) is 53.5 Å². The number of amides is 2. The number of fused-ring (bicyclic) bond motifs is 3. The molecule has 0 radical (unpaired) electrons. The summed E-state index contributed by atoms with van der Waals surface area (Å²) in [5.41, 5.74) is 9.45. The Labute approximate surface area is 128 Å². The summed E-state index contributed by atoms with van der Waals surface area (Å²) in [4.78, 5) is 18.7. The number of nitrogen functional groups attached to an aromatic ring is 1. The second kappa shape index (κ2) is 4.87. The Morgan fingerprint density at radius 2 is 1.91 bits per heavy atom. The quantitative estimate of drug-likeness (QED) is 0.793. The number of para-hydroxylation sites is 1. The normalized spacial score (nSPS) is 19.8. The third-order valence-electron chi connectivity index (χ3n) is 4.18. The van der Waals surface area contributed by atoms with E-state index in [1.54, 1.807) is 4.90 Å². The molecule has 5 heteroatoms. The number of benzene rings is 2. The van der Waals surface area contributed by atoms with Crippen molar-refractivity contribution >= 4 is 23.2 Å². The first-order valence-corrected chi connectivity index (χ1v) is 7.30. The van der Waals surface area contributed by atoms with Crippen molar-refractivity contribution in [3.05, 3.63) is 59.7 Å². The molecule has 3 N–H and O–H groups in total. The number of nitrogens with one attached hydrogen (secondary N) is 1. The van der Waals surface area contributed by atoms with Crippen molar-refractivity contribution in [1.82, 2.24) is 4.90 Å². The second-order valence-corrected chi connectivity index (χ2v) is 5.61. The van der Waals surface area contributed by atoms with Gasteiger partial charge in [-0.05, 0) is 29.8 Å². The zero-order chi connectivity index (χ0) is 15.1. The van der Waals surface area contributed by atoms with Crippen LogP contribution in [-0.2, 0) is 0 Å². The van der Waals surface area contributed by atoms with Gasteiger partial charge >= 0.3 is 6.03 Å². The maximum Gasteiger partial charge on any atom is 0.327 e. The lowest BCUT2D eigenvalue weighted by Gasteiger charge is -2.36. The van der Waals surface area contributed by atoms with Gasteiger partial charge in [-0.15, -0.1) is 0 Å². The van der Waals surface area contributed by atoms with Crippen LogP contribution in [0.4, 0.5) is 16.2 Å². The number of nitrogens with zero attached hydrogens (tertiary/aromatic N) is 2. The number of carbonyl (C=O) groups is 1. The SMILES string of the molecule is Nc1ccc(C2CN=C3c4ccccc4NC(=O)N3C2)cc1. The Balaban J connectivity index is 1.70. The smallest absolute Gasteiger partial charge is 0.327 e. The summed E-state index contributed by atoms with van der Waals surface area (Å²) in [5, 5.41) is 2.93. The minimum absolute atomic E-state index is 0.113. The van der Waals surface area contributed by atoms with Crippen LogP contribution in [0.25, 0.3) is 0 Å². The summed E-state index contributed by atoms with van der Waals surface area (Å²) in [5.74, 6) is 0.964. The van der Waals surface area contributed by atoms with Crippen molar-refractivity contribution in [1.29, 1.82) is 0 Å². The number of urea groups is 1. The highest BCUT2D eigenvalue weighted by Crippen LogP contribution is 2.30. The van der Waals surface area contributed by atoms with Gasteiger partial charge in [0.15, 0.2) is 0 Å². The van der Waals surface area contributed by atoms with E-state index < -0.39 is 0 Å². The first-order valence-electron chi connectivity index (χ1n) is 7.30. The molecule has 2 aliphatic rings. The van der Waals surface area contributed by atoms with Crippen LogP contribution in [0.5, 0.6) is 0 Å². The second-order valence-electron chi connectivity index (χ2n) is 5.61. The summed E-state index contributed by atoms with van der Waals surface area (Å²) in [6.45, 7) is 1.31. The lowest BCUT2D eigenvalue weighted by atomic mass is 9.95. The van der Waals surface area contributed by atoms with Gasteiger partial charge < -0.3 is 11.1 Å². The number of hydrogen-bond donors (Lipinski definition) is 2. The molecular formula is C17H16N4O. The van der Waals surface area contributed by atoms with Gasteiger partial charge in [-0.3, -0.25) is 9.89 Å². The minimum Gasteiger partial charge on any atom is -0.399 e. The number of anilines is 2. The molecule has 5 nitrogen and oxygen atoms in total. The molecule has 0 saturated heterocycles. The van der Waals surface area contributed by atoms with Gasteiger partial charge in [0.2, 0.25) is 0 Å². The summed E-state index contributed by atoms with van der Waals surface area (Å²) in [6.07, 6.45) is 0. The first-order chi connectivity index (χ1) is 10.7. The lowest BCUT2D eigenvalue weighted by Crippen LogP contribution is -2.49. The standard InChI is InChI=1S/C17H16N4O/c18-13-7-5-11(6-8-13)12-9-19-16-14-3-1-2-4-15(14)20-17(22)21(16)10-12/h1-8,12H,9-10,18H2,(H,20,22). The fourth-order valence-corrected chi connectivity index (χ4v) is 3.01. The van der Waals surface area contributed by atoms with E-state index >= 15 is 0 Å². The van der Waals surface area contributed by atoms with E-state index in [2.05, 4.69) is 10.3 Å². The minimum atomic E-state index is -0.113. The van der Waals surface area contributed by atoms with Crippen LogP contribution in [0.2, 0.25) is 0 Å². The molecule has 1 atom stereocenters. The molecule has 0 aromatic heterocycles. The van der Waals surface area contributed by atoms with Crippen LogP contribution >= 0.6 is 0 Å². The van der Waals surface area contributed by atoms with Gasteiger partial charge in [-0.25, -0.2) is 4.79 Å². The Hall–Kier alpha value is -2.82. The molecule has 2 heterocycles. The van der Waals surface area contributed by atoms with E-state index in [4.69, 9.17) is 5.73 Å². The molecule has 0 saturated carbocycles. The van der Waals surface area contributed by atoms with Crippen molar-refractivity contribution < 1.29 is 4.79 Å². The van der Waals surface area contributed by atoms with Gasteiger partial charge in [-0.2, -0.15) is 0 Å². The van der Waals surface area contributed by atoms with Crippen LogP contribution in [-0.4, -0.2) is 29.9 Å². The Kier molecular flexibility index (Phi) is 2.85. The Morgan fingerprint density at radius 3 is 2.73 bits per heavy atom. The van der Waals surface area contributed by atoms with E-state index in [0.29, 0.717) is 13.1 Å². The van der Waals surface area contributed by atoms with Crippen molar-refractivity contribution in [2.45, 2.75) is 5.92 Å². The number of amidine groups is 1. The number of aliphatic imine (C=N–C) groups is 1. The maximum atomic E-state index is 12.3. The summed E-state index contributed by atoms with van der Waals surface area (Å²) < 4.78 is 0. The molecule has 110 valence electrons. The molecule has 0 aliphatic carbocycles. The van der Waals surface area contributed by atoms with E-state index in [9.17, 15) is 4.79 Å². The molecule has 2 aromatic rings. The van der Waals surface area contributed by atoms with Crippen LogP contribution in [0.3, 0.4) is 0 Å². The highest BCUT2D eigenvalue weighted by Gasteiger charge is 2.33. The number of rotatable bonds is 1. The fourth-order valence-electron chi connectivity index (χ4n) is 3.01. The van der Waals surface area contributed by atoms with Crippen LogP contribution in [0, 0.1) is 0 Å². The van der Waals surface area contributed by atoms with E-state index in [0.717, 1.165) is 28.3 Å². The van der Waals surface area contributed by atoms with Crippen molar-refractivity contribution in [3.8, 4) is 0 Å². The topological polar surface area (TPSA) is 70.7 Å². The van der Waals surface area contributed by atoms with Gasteiger partial charge in [0.05, 0.1) is 5.69 Å². The van der Waals surface area contributed by atoms with Crippen molar-refractivity contribution in [2.24, 2.45) is 4.99 Å². The Bertz CT molecular complexity index is 766. The molecule has 2 aromatic carbocycles. The number of carbonyl (C=O) groups excluding carboxylic acids is 1. The average molecular weight is 292 g/mol. The molecule has 1 unspecified atom stereocenters. The van der Waals surface area contributed by atoms with Gasteiger partial charge in [0, 0.05) is 30.3 Å². The molecule has 2 aliphatic heterocycles. The fraction of sp³-hybridized carbons (Fsp3) is 0.176. The molecule has 22 heavy (non-hydrogen) atoms. The van der Waals surface area contributed by atoms with Crippen LogP contribution in [0.1, 0.15) is 17.0 Å². The lowest BCUT2D eigenvalue weighted by molar-refractivity contribution is 0.229.